The Hall–Kier alpha value is -2.40. The molecule has 0 aliphatic carbocycles. The Balaban J connectivity index is 1.72. The molecule has 1 aromatic carbocycles. The summed E-state index contributed by atoms with van der Waals surface area (Å²) < 4.78 is 41.7. The van der Waals surface area contributed by atoms with Gasteiger partial charge in [0, 0.05) is 29.0 Å². The van der Waals surface area contributed by atoms with Crippen LogP contribution in [0, 0.1) is 0 Å². The van der Waals surface area contributed by atoms with Crippen LogP contribution in [0.15, 0.2) is 52.4 Å². The highest BCUT2D eigenvalue weighted by atomic mass is 79.9. The number of aromatic nitrogens is 4. The van der Waals surface area contributed by atoms with Crippen LogP contribution < -0.4 is 5.32 Å². The first-order valence-corrected chi connectivity index (χ1v) is 10.2. The molecule has 6 nitrogen and oxygen atoms in total. The highest BCUT2D eigenvalue weighted by Gasteiger charge is 2.34. The Morgan fingerprint density at radius 1 is 1.21 bits per heavy atom. The zero-order valence-electron chi connectivity index (χ0n) is 15.1. The van der Waals surface area contributed by atoms with Gasteiger partial charge in [-0.1, -0.05) is 27.7 Å². The monoisotopic (exact) mass is 485 g/mol. The van der Waals surface area contributed by atoms with Crippen LogP contribution in [0.25, 0.3) is 11.4 Å². The topological polar surface area (TPSA) is 72.7 Å². The Bertz CT molecular complexity index is 1010. The predicted octanol–water partition coefficient (Wildman–Crippen LogP) is 4.87. The van der Waals surface area contributed by atoms with Gasteiger partial charge < -0.3 is 9.88 Å². The molecule has 1 amide bonds. The molecule has 0 fully saturated rings. The van der Waals surface area contributed by atoms with Crippen molar-refractivity contribution in [2.45, 2.75) is 24.8 Å². The Morgan fingerprint density at radius 2 is 1.93 bits per heavy atom. The van der Waals surface area contributed by atoms with Crippen molar-refractivity contribution in [1.82, 2.24) is 19.7 Å². The van der Waals surface area contributed by atoms with E-state index in [-0.39, 0.29) is 15.9 Å². The summed E-state index contributed by atoms with van der Waals surface area (Å²) in [5.41, 5.74) is -0.377. The molecule has 3 aromatic rings. The van der Waals surface area contributed by atoms with Crippen LogP contribution in [0.2, 0.25) is 0 Å². The van der Waals surface area contributed by atoms with Gasteiger partial charge in [-0.2, -0.15) is 13.2 Å². The fourth-order valence-corrected chi connectivity index (χ4v) is 3.73. The molecule has 11 heteroatoms. The van der Waals surface area contributed by atoms with Gasteiger partial charge in [0.1, 0.15) is 0 Å². The third-order valence-electron chi connectivity index (χ3n) is 3.87. The molecule has 0 saturated carbocycles. The maximum absolute atomic E-state index is 13.2. The normalized spacial score (nSPS) is 11.5. The summed E-state index contributed by atoms with van der Waals surface area (Å²) in [7, 11) is 0. The van der Waals surface area contributed by atoms with Gasteiger partial charge in [0.25, 0.3) is 0 Å². The molecule has 0 spiro atoms. The average Bonchev–Trinajstić information content (AvgIpc) is 3.10. The third kappa shape index (κ3) is 5.15. The van der Waals surface area contributed by atoms with E-state index in [2.05, 4.69) is 36.4 Å². The number of halogens is 4. The summed E-state index contributed by atoms with van der Waals surface area (Å²) >= 11 is 4.12. The van der Waals surface area contributed by atoms with Gasteiger partial charge in [-0.05, 0) is 37.3 Å². The number of thioether (sulfide) groups is 1. The molecule has 0 atom stereocenters. The largest absolute Gasteiger partial charge is 0.418 e. The van der Waals surface area contributed by atoms with Gasteiger partial charge in [-0.25, -0.2) is 0 Å². The molecule has 0 radical (unpaired) electrons. The Kier molecular flexibility index (Phi) is 6.58. The van der Waals surface area contributed by atoms with E-state index in [0.29, 0.717) is 17.5 Å². The van der Waals surface area contributed by atoms with Crippen LogP contribution in [-0.4, -0.2) is 31.4 Å². The van der Waals surface area contributed by atoms with Crippen LogP contribution >= 0.6 is 27.7 Å². The van der Waals surface area contributed by atoms with Crippen LogP contribution in [-0.2, 0) is 17.5 Å². The fourth-order valence-electron chi connectivity index (χ4n) is 2.57. The van der Waals surface area contributed by atoms with Crippen LogP contribution in [0.3, 0.4) is 0 Å². The number of alkyl halides is 3. The van der Waals surface area contributed by atoms with E-state index in [9.17, 15) is 18.0 Å². The molecule has 0 bridgehead atoms. The zero-order chi connectivity index (χ0) is 21.0. The van der Waals surface area contributed by atoms with Crippen molar-refractivity contribution in [1.29, 1.82) is 0 Å². The van der Waals surface area contributed by atoms with Crippen molar-refractivity contribution in [3.8, 4) is 11.4 Å². The van der Waals surface area contributed by atoms with E-state index >= 15 is 0 Å². The van der Waals surface area contributed by atoms with E-state index in [1.54, 1.807) is 24.5 Å². The molecule has 0 aliphatic rings. The van der Waals surface area contributed by atoms with Crippen molar-refractivity contribution in [2.24, 2.45) is 0 Å². The van der Waals surface area contributed by atoms with Gasteiger partial charge in [0.15, 0.2) is 11.0 Å². The molecule has 29 heavy (non-hydrogen) atoms. The minimum Gasteiger partial charge on any atom is -0.325 e. The Labute approximate surface area is 177 Å². The first-order valence-electron chi connectivity index (χ1n) is 8.42. The minimum atomic E-state index is -4.58. The molecular weight excluding hydrogens is 471 g/mol. The lowest BCUT2D eigenvalue weighted by Gasteiger charge is -2.14. The fraction of sp³-hybridized carbons (Fsp3) is 0.222. The lowest BCUT2D eigenvalue weighted by Crippen LogP contribution is -2.18. The molecule has 3 rings (SSSR count). The van der Waals surface area contributed by atoms with E-state index in [4.69, 9.17) is 0 Å². The smallest absolute Gasteiger partial charge is 0.325 e. The number of benzene rings is 1. The predicted molar refractivity (Wildman–Crippen MR) is 107 cm³/mol. The number of amides is 1. The van der Waals surface area contributed by atoms with Crippen molar-refractivity contribution in [2.75, 3.05) is 11.1 Å². The summed E-state index contributed by atoms with van der Waals surface area (Å²) in [5, 5.41) is 11.1. The lowest BCUT2D eigenvalue weighted by molar-refractivity contribution is -0.137. The zero-order valence-corrected chi connectivity index (χ0v) is 17.5. The standard InChI is InChI=1S/C18H15BrF3N5OS/c1-2-27-16(11-5-7-23-8-6-11)25-26-17(27)29-10-15(28)24-14-4-3-12(19)9-13(14)18(20,21)22/h3-9H,2,10H2,1H3,(H,24,28). The number of carbonyl (C=O) groups excluding carboxylic acids is 1. The van der Waals surface area contributed by atoms with Crippen LogP contribution in [0.5, 0.6) is 0 Å². The molecule has 1 N–H and O–H groups in total. The molecule has 2 aromatic heterocycles. The number of hydrogen-bond donors (Lipinski definition) is 1. The molecule has 152 valence electrons. The Morgan fingerprint density at radius 3 is 2.59 bits per heavy atom. The number of nitrogens with zero attached hydrogens (tertiary/aromatic N) is 4. The first kappa shape index (κ1) is 21.3. The second-order valence-corrected chi connectivity index (χ2v) is 7.67. The van der Waals surface area contributed by atoms with Crippen molar-refractivity contribution in [3.05, 3.63) is 52.8 Å². The number of pyridine rings is 1. The highest BCUT2D eigenvalue weighted by molar-refractivity contribution is 9.10. The minimum absolute atomic E-state index is 0.109. The van der Waals surface area contributed by atoms with Gasteiger partial charge in [-0.15, -0.1) is 10.2 Å². The molecule has 0 unspecified atom stereocenters. The molecule has 2 heterocycles. The van der Waals surface area contributed by atoms with Crippen molar-refractivity contribution >= 4 is 39.3 Å². The maximum Gasteiger partial charge on any atom is 0.418 e. The van der Waals surface area contributed by atoms with Crippen LogP contribution in [0.4, 0.5) is 18.9 Å². The summed E-state index contributed by atoms with van der Waals surface area (Å²) in [6.07, 6.45) is -1.30. The summed E-state index contributed by atoms with van der Waals surface area (Å²) in [5.74, 6) is -0.0500. The first-order chi connectivity index (χ1) is 13.8. The molecular formula is C18H15BrF3N5OS. The number of nitrogens with one attached hydrogen (secondary N) is 1. The highest BCUT2D eigenvalue weighted by Crippen LogP contribution is 2.36. The van der Waals surface area contributed by atoms with Crippen LogP contribution in [0.1, 0.15) is 12.5 Å². The summed E-state index contributed by atoms with van der Waals surface area (Å²) in [6, 6.07) is 7.17. The second kappa shape index (κ2) is 8.95. The molecule has 0 aliphatic heterocycles. The van der Waals surface area contributed by atoms with Gasteiger partial charge in [0.05, 0.1) is 17.0 Å². The van der Waals surface area contributed by atoms with E-state index in [1.807, 2.05) is 11.5 Å². The quantitative estimate of drug-likeness (QED) is 0.504. The van der Waals surface area contributed by atoms with Gasteiger partial charge in [-0.3, -0.25) is 9.78 Å². The number of carbonyl (C=O) groups is 1. The van der Waals surface area contributed by atoms with Gasteiger partial charge in [0.2, 0.25) is 5.91 Å². The number of rotatable bonds is 6. The summed E-state index contributed by atoms with van der Waals surface area (Å²) in [4.78, 5) is 16.2. The summed E-state index contributed by atoms with van der Waals surface area (Å²) in [6.45, 7) is 2.48. The van der Waals surface area contributed by atoms with E-state index < -0.39 is 17.6 Å². The number of hydrogen-bond acceptors (Lipinski definition) is 5. The maximum atomic E-state index is 13.2. The number of anilines is 1. The molecule has 0 saturated heterocycles. The lowest BCUT2D eigenvalue weighted by atomic mass is 10.1. The third-order valence-corrected chi connectivity index (χ3v) is 5.33. The average molecular weight is 486 g/mol. The second-order valence-electron chi connectivity index (χ2n) is 5.81. The van der Waals surface area contributed by atoms with Crippen molar-refractivity contribution in [3.63, 3.8) is 0 Å². The van der Waals surface area contributed by atoms with E-state index in [0.717, 1.165) is 23.4 Å². The van der Waals surface area contributed by atoms with Crippen molar-refractivity contribution < 1.29 is 18.0 Å². The van der Waals surface area contributed by atoms with E-state index in [1.165, 1.54) is 12.1 Å². The van der Waals surface area contributed by atoms with Gasteiger partial charge >= 0.3 is 6.18 Å². The SMILES string of the molecule is CCn1c(SCC(=O)Nc2ccc(Br)cc2C(F)(F)F)nnc1-c1ccncc1.